The molecule has 2 amide bonds. The van der Waals surface area contributed by atoms with Gasteiger partial charge in [-0.05, 0) is 62.9 Å². The summed E-state index contributed by atoms with van der Waals surface area (Å²) >= 11 is 0. The molecule has 2 aromatic rings. The summed E-state index contributed by atoms with van der Waals surface area (Å²) in [5.74, 6) is -0.543. The van der Waals surface area contributed by atoms with Crippen LogP contribution < -0.4 is 5.32 Å². The summed E-state index contributed by atoms with van der Waals surface area (Å²) in [6.07, 6.45) is -0.386. The normalized spacial score (nSPS) is 18.7. The van der Waals surface area contributed by atoms with E-state index in [9.17, 15) is 14.0 Å². The van der Waals surface area contributed by atoms with Gasteiger partial charge in [0.15, 0.2) is 0 Å². The minimum absolute atomic E-state index is 0.170. The van der Waals surface area contributed by atoms with Gasteiger partial charge in [-0.2, -0.15) is 0 Å². The average Bonchev–Trinajstić information content (AvgIpc) is 2.72. The van der Waals surface area contributed by atoms with E-state index in [0.717, 1.165) is 16.7 Å². The first-order valence-corrected chi connectivity index (χ1v) is 10.8. The molecule has 1 aliphatic rings. The predicted molar refractivity (Wildman–Crippen MR) is 120 cm³/mol. The van der Waals surface area contributed by atoms with Crippen LogP contribution in [0.15, 0.2) is 48.5 Å². The third-order valence-corrected chi connectivity index (χ3v) is 5.41. The summed E-state index contributed by atoms with van der Waals surface area (Å²) in [7, 11) is 0. The Morgan fingerprint density at radius 1 is 1.16 bits per heavy atom. The number of carbonyl (C=O) groups excluding carboxylic acids is 2. The highest BCUT2D eigenvalue weighted by Crippen LogP contribution is 2.31. The molecule has 3 rings (SSSR count). The molecule has 32 heavy (non-hydrogen) atoms. The summed E-state index contributed by atoms with van der Waals surface area (Å²) in [4.78, 5) is 26.8. The zero-order valence-corrected chi connectivity index (χ0v) is 19.1. The lowest BCUT2D eigenvalue weighted by atomic mass is 9.84. The SMILES string of the molecule is Cc1cc(F)ccc1C1CN(C(=O)OC(C)(C)C)CCC1NC(=O)OCc1ccccc1. The molecule has 2 aromatic carbocycles. The van der Waals surface area contributed by atoms with E-state index in [4.69, 9.17) is 9.47 Å². The van der Waals surface area contributed by atoms with Gasteiger partial charge in [-0.25, -0.2) is 14.0 Å². The number of aryl methyl sites for hydroxylation is 1. The summed E-state index contributed by atoms with van der Waals surface area (Å²) < 4.78 is 24.6. The molecular weight excluding hydrogens is 411 g/mol. The van der Waals surface area contributed by atoms with Gasteiger partial charge in [-0.1, -0.05) is 36.4 Å². The van der Waals surface area contributed by atoms with E-state index in [-0.39, 0.29) is 24.4 Å². The van der Waals surface area contributed by atoms with Crippen molar-refractivity contribution >= 4 is 12.2 Å². The van der Waals surface area contributed by atoms with Crippen molar-refractivity contribution in [3.05, 3.63) is 71.0 Å². The van der Waals surface area contributed by atoms with Gasteiger partial charge in [0.1, 0.15) is 18.0 Å². The number of halogens is 1. The van der Waals surface area contributed by atoms with Gasteiger partial charge in [-0.3, -0.25) is 0 Å². The van der Waals surface area contributed by atoms with Crippen LogP contribution in [0.4, 0.5) is 14.0 Å². The van der Waals surface area contributed by atoms with E-state index in [1.165, 1.54) is 12.1 Å². The molecule has 1 saturated heterocycles. The first-order valence-electron chi connectivity index (χ1n) is 10.8. The molecule has 0 bridgehead atoms. The van der Waals surface area contributed by atoms with E-state index in [0.29, 0.717) is 19.5 Å². The molecule has 1 heterocycles. The van der Waals surface area contributed by atoms with Gasteiger partial charge in [-0.15, -0.1) is 0 Å². The van der Waals surface area contributed by atoms with E-state index >= 15 is 0 Å². The number of nitrogens with one attached hydrogen (secondary N) is 1. The third kappa shape index (κ3) is 6.45. The van der Waals surface area contributed by atoms with Crippen molar-refractivity contribution in [1.29, 1.82) is 0 Å². The number of benzene rings is 2. The highest BCUT2D eigenvalue weighted by atomic mass is 19.1. The molecule has 2 unspecified atom stereocenters. The molecule has 6 nitrogen and oxygen atoms in total. The Labute approximate surface area is 188 Å². The number of piperidine rings is 1. The Morgan fingerprint density at radius 3 is 2.53 bits per heavy atom. The Morgan fingerprint density at radius 2 is 1.88 bits per heavy atom. The Bertz CT molecular complexity index is 943. The number of rotatable bonds is 4. The number of alkyl carbamates (subject to hydrolysis) is 1. The van der Waals surface area contributed by atoms with Crippen LogP contribution in [-0.4, -0.2) is 41.8 Å². The van der Waals surface area contributed by atoms with Crippen LogP contribution in [-0.2, 0) is 16.1 Å². The van der Waals surface area contributed by atoms with Gasteiger partial charge in [0, 0.05) is 25.0 Å². The number of carbonyl (C=O) groups is 2. The zero-order valence-electron chi connectivity index (χ0n) is 19.1. The second-order valence-electron chi connectivity index (χ2n) is 9.13. The van der Waals surface area contributed by atoms with Crippen LogP contribution in [0.25, 0.3) is 0 Å². The molecular formula is C25H31FN2O4. The van der Waals surface area contributed by atoms with Crippen molar-refractivity contribution in [2.75, 3.05) is 13.1 Å². The molecule has 1 N–H and O–H groups in total. The monoisotopic (exact) mass is 442 g/mol. The highest BCUT2D eigenvalue weighted by molar-refractivity contribution is 5.69. The zero-order chi connectivity index (χ0) is 23.3. The van der Waals surface area contributed by atoms with Crippen molar-refractivity contribution in [2.24, 2.45) is 0 Å². The predicted octanol–water partition coefficient (Wildman–Crippen LogP) is 5.15. The lowest BCUT2D eigenvalue weighted by Crippen LogP contribution is -2.52. The van der Waals surface area contributed by atoms with Crippen molar-refractivity contribution < 1.29 is 23.5 Å². The third-order valence-electron chi connectivity index (χ3n) is 5.41. The molecule has 172 valence electrons. The van der Waals surface area contributed by atoms with Gasteiger partial charge in [0.05, 0.1) is 0 Å². The molecule has 0 aromatic heterocycles. The first-order chi connectivity index (χ1) is 15.1. The lowest BCUT2D eigenvalue weighted by Gasteiger charge is -2.39. The smallest absolute Gasteiger partial charge is 0.410 e. The van der Waals surface area contributed by atoms with E-state index in [1.807, 2.05) is 58.0 Å². The summed E-state index contributed by atoms with van der Waals surface area (Å²) in [5, 5.41) is 2.95. The second kappa shape index (κ2) is 10.0. The fourth-order valence-electron chi connectivity index (χ4n) is 3.90. The minimum Gasteiger partial charge on any atom is -0.445 e. The molecule has 0 spiro atoms. The van der Waals surface area contributed by atoms with Crippen LogP contribution >= 0.6 is 0 Å². The number of nitrogens with zero attached hydrogens (tertiary/aromatic N) is 1. The van der Waals surface area contributed by atoms with E-state index in [1.54, 1.807) is 11.0 Å². The van der Waals surface area contributed by atoms with Crippen molar-refractivity contribution in [3.63, 3.8) is 0 Å². The topological polar surface area (TPSA) is 67.9 Å². The maximum absolute atomic E-state index is 13.7. The van der Waals surface area contributed by atoms with Gasteiger partial charge < -0.3 is 19.7 Å². The van der Waals surface area contributed by atoms with Crippen LogP contribution in [0.3, 0.4) is 0 Å². The number of likely N-dealkylation sites (tertiary alicyclic amines) is 1. The van der Waals surface area contributed by atoms with Crippen molar-refractivity contribution in [3.8, 4) is 0 Å². The van der Waals surface area contributed by atoms with E-state index in [2.05, 4.69) is 5.32 Å². The van der Waals surface area contributed by atoms with Crippen LogP contribution in [0, 0.1) is 12.7 Å². The maximum Gasteiger partial charge on any atom is 0.410 e. The molecule has 0 radical (unpaired) electrons. The van der Waals surface area contributed by atoms with Crippen molar-refractivity contribution in [2.45, 2.75) is 58.3 Å². The largest absolute Gasteiger partial charge is 0.445 e. The van der Waals surface area contributed by atoms with Crippen molar-refractivity contribution in [1.82, 2.24) is 10.2 Å². The van der Waals surface area contributed by atoms with Gasteiger partial charge in [0.25, 0.3) is 0 Å². The van der Waals surface area contributed by atoms with E-state index < -0.39 is 17.8 Å². The summed E-state index contributed by atoms with van der Waals surface area (Å²) in [5.41, 5.74) is 1.95. The quantitative estimate of drug-likeness (QED) is 0.711. The molecule has 1 fully saturated rings. The van der Waals surface area contributed by atoms with Gasteiger partial charge in [0.2, 0.25) is 0 Å². The molecule has 1 aliphatic heterocycles. The second-order valence-corrected chi connectivity index (χ2v) is 9.13. The Balaban J connectivity index is 1.73. The summed E-state index contributed by atoms with van der Waals surface area (Å²) in [6, 6.07) is 13.8. The Kier molecular flexibility index (Phi) is 7.38. The average molecular weight is 443 g/mol. The van der Waals surface area contributed by atoms with Crippen LogP contribution in [0.5, 0.6) is 0 Å². The number of hydrogen-bond acceptors (Lipinski definition) is 4. The van der Waals surface area contributed by atoms with Crippen LogP contribution in [0.1, 0.15) is 49.8 Å². The first kappa shape index (κ1) is 23.6. The Hall–Kier alpha value is -3.09. The fourth-order valence-corrected chi connectivity index (χ4v) is 3.90. The van der Waals surface area contributed by atoms with Crippen LogP contribution in [0.2, 0.25) is 0 Å². The number of amides is 2. The number of ether oxygens (including phenoxy) is 2. The van der Waals surface area contributed by atoms with Gasteiger partial charge >= 0.3 is 12.2 Å². The molecule has 0 saturated carbocycles. The lowest BCUT2D eigenvalue weighted by molar-refractivity contribution is 0.0175. The maximum atomic E-state index is 13.7. The standard InChI is InChI=1S/C25H31FN2O4/c1-17-14-19(26)10-11-20(17)21-15-28(24(30)32-25(2,3)4)13-12-22(21)27-23(29)31-16-18-8-6-5-7-9-18/h5-11,14,21-22H,12-13,15-16H2,1-4H3,(H,27,29). The minimum atomic E-state index is -0.602. The fraction of sp³-hybridized carbons (Fsp3) is 0.440. The molecule has 2 atom stereocenters. The number of hydrogen-bond donors (Lipinski definition) is 1. The highest BCUT2D eigenvalue weighted by Gasteiger charge is 2.36. The molecule has 0 aliphatic carbocycles. The molecule has 7 heteroatoms. The summed E-state index contributed by atoms with van der Waals surface area (Å²) in [6.45, 7) is 8.26.